The average Bonchev–Trinajstić information content (AvgIpc) is 2.56. The first kappa shape index (κ1) is 19.2. The van der Waals surface area contributed by atoms with Crippen LogP contribution in [0, 0.1) is 22.7 Å². The predicted molar refractivity (Wildman–Crippen MR) is 93.3 cm³/mol. The van der Waals surface area contributed by atoms with E-state index in [9.17, 15) is 15.2 Å². The Bertz CT molecular complexity index is 468. The van der Waals surface area contributed by atoms with Gasteiger partial charge in [0.1, 0.15) is 6.04 Å². The number of piperazine rings is 1. The molecule has 0 bridgehead atoms. The van der Waals surface area contributed by atoms with E-state index in [0.29, 0.717) is 25.6 Å². The number of carbonyl (C=O) groups is 1. The van der Waals surface area contributed by atoms with E-state index >= 15 is 0 Å². The molecule has 1 amide bonds. The van der Waals surface area contributed by atoms with Crippen molar-refractivity contribution >= 4 is 5.91 Å². The Hall–Kier alpha value is -1.16. The number of nitriles is 1. The van der Waals surface area contributed by atoms with E-state index < -0.39 is 0 Å². The molecule has 0 saturated carbocycles. The van der Waals surface area contributed by atoms with Crippen molar-refractivity contribution in [2.75, 3.05) is 52.4 Å². The molecule has 0 aromatic rings. The van der Waals surface area contributed by atoms with Crippen LogP contribution in [0.3, 0.4) is 0 Å². The van der Waals surface area contributed by atoms with E-state index in [4.69, 9.17) is 0 Å². The van der Waals surface area contributed by atoms with Crippen LogP contribution in [0.2, 0.25) is 0 Å². The van der Waals surface area contributed by atoms with Gasteiger partial charge in [-0.25, -0.2) is 0 Å². The smallest absolute Gasteiger partial charge is 0.236 e. The molecule has 0 aromatic carbocycles. The van der Waals surface area contributed by atoms with Crippen molar-refractivity contribution in [1.82, 2.24) is 14.7 Å². The van der Waals surface area contributed by atoms with Gasteiger partial charge >= 0.3 is 0 Å². The molecule has 2 saturated heterocycles. The topological polar surface area (TPSA) is 70.8 Å². The third-order valence-corrected chi connectivity index (χ3v) is 5.42. The number of amides is 1. The number of aliphatic hydroxyl groups is 1. The largest absolute Gasteiger partial charge is 0.396 e. The van der Waals surface area contributed by atoms with E-state index in [0.717, 1.165) is 39.0 Å². The molecule has 2 aliphatic heterocycles. The summed E-state index contributed by atoms with van der Waals surface area (Å²) in [5.74, 6) is 0.483. The zero-order chi connectivity index (χ0) is 17.7. The van der Waals surface area contributed by atoms with Crippen molar-refractivity contribution in [1.29, 1.82) is 5.26 Å². The average molecular weight is 336 g/mol. The summed E-state index contributed by atoms with van der Waals surface area (Å²) in [4.78, 5) is 18.9. The molecule has 136 valence electrons. The summed E-state index contributed by atoms with van der Waals surface area (Å²) < 4.78 is 0. The number of nitrogens with zero attached hydrogens (tertiary/aromatic N) is 4. The third kappa shape index (κ3) is 4.69. The van der Waals surface area contributed by atoms with Gasteiger partial charge in [0.25, 0.3) is 0 Å². The zero-order valence-electron chi connectivity index (χ0n) is 15.4. The highest BCUT2D eigenvalue weighted by Gasteiger charge is 2.33. The van der Waals surface area contributed by atoms with E-state index in [1.807, 2.05) is 4.90 Å². The Morgan fingerprint density at radius 3 is 2.46 bits per heavy atom. The SMILES string of the molecule is CC(C)[C@@H](C#N)N1CCN(C(=O)CN2CCC[C@](C)(CO)C2)CC1. The molecular weight excluding hydrogens is 304 g/mol. The monoisotopic (exact) mass is 336 g/mol. The molecule has 6 heteroatoms. The molecule has 0 aliphatic carbocycles. The highest BCUT2D eigenvalue weighted by atomic mass is 16.3. The summed E-state index contributed by atoms with van der Waals surface area (Å²) in [5, 5.41) is 18.9. The molecule has 1 N–H and O–H groups in total. The quantitative estimate of drug-likeness (QED) is 0.803. The first-order valence-corrected chi connectivity index (χ1v) is 9.13. The molecule has 2 fully saturated rings. The fourth-order valence-electron chi connectivity index (χ4n) is 3.88. The summed E-state index contributed by atoms with van der Waals surface area (Å²) in [6.07, 6.45) is 2.06. The minimum absolute atomic E-state index is 0.0605. The molecule has 24 heavy (non-hydrogen) atoms. The van der Waals surface area contributed by atoms with E-state index in [-0.39, 0.29) is 24.0 Å². The van der Waals surface area contributed by atoms with Crippen LogP contribution in [-0.4, -0.2) is 84.2 Å². The number of aliphatic hydroxyl groups excluding tert-OH is 1. The lowest BCUT2D eigenvalue weighted by Crippen LogP contribution is -2.55. The van der Waals surface area contributed by atoms with Crippen molar-refractivity contribution in [2.45, 2.75) is 39.7 Å². The van der Waals surface area contributed by atoms with Gasteiger partial charge in [0.15, 0.2) is 0 Å². The number of hydrogen-bond donors (Lipinski definition) is 1. The molecule has 2 heterocycles. The second kappa shape index (κ2) is 8.28. The van der Waals surface area contributed by atoms with Gasteiger partial charge in [-0.15, -0.1) is 0 Å². The standard InChI is InChI=1S/C18H32N4O2/c1-15(2)16(11-19)21-7-9-22(10-8-21)17(24)12-20-6-4-5-18(3,13-20)14-23/h15-16,23H,4-10,12-14H2,1-3H3/t16-,18+/m1/s1. The number of likely N-dealkylation sites (tertiary alicyclic amines) is 1. The Labute approximate surface area is 146 Å². The molecule has 0 radical (unpaired) electrons. The minimum atomic E-state index is -0.0749. The van der Waals surface area contributed by atoms with Crippen LogP contribution in [-0.2, 0) is 4.79 Å². The maximum Gasteiger partial charge on any atom is 0.236 e. The third-order valence-electron chi connectivity index (χ3n) is 5.42. The molecule has 2 aliphatic rings. The fourth-order valence-corrected chi connectivity index (χ4v) is 3.88. The Balaban J connectivity index is 1.82. The van der Waals surface area contributed by atoms with Gasteiger partial charge in [0.05, 0.1) is 12.6 Å². The van der Waals surface area contributed by atoms with E-state index in [2.05, 4.69) is 36.6 Å². The van der Waals surface area contributed by atoms with Crippen molar-refractivity contribution < 1.29 is 9.90 Å². The summed E-state index contributed by atoms with van der Waals surface area (Å²) >= 11 is 0. The van der Waals surface area contributed by atoms with Gasteiger partial charge in [0.2, 0.25) is 5.91 Å². The molecule has 0 unspecified atom stereocenters. The molecular formula is C18H32N4O2. The molecule has 2 atom stereocenters. The zero-order valence-corrected chi connectivity index (χ0v) is 15.4. The van der Waals surface area contributed by atoms with E-state index in [1.165, 1.54) is 0 Å². The van der Waals surface area contributed by atoms with Gasteiger partial charge in [-0.2, -0.15) is 5.26 Å². The van der Waals surface area contributed by atoms with Crippen LogP contribution in [0.4, 0.5) is 0 Å². The first-order chi connectivity index (χ1) is 11.4. The molecule has 2 rings (SSSR count). The number of piperidine rings is 1. The van der Waals surface area contributed by atoms with Crippen molar-refractivity contribution in [3.8, 4) is 6.07 Å². The normalized spacial score (nSPS) is 27.9. The van der Waals surface area contributed by atoms with Gasteiger partial charge in [-0.05, 0) is 25.3 Å². The lowest BCUT2D eigenvalue weighted by atomic mass is 9.83. The Morgan fingerprint density at radius 2 is 1.92 bits per heavy atom. The number of rotatable bonds is 5. The highest BCUT2D eigenvalue weighted by molar-refractivity contribution is 5.78. The maximum atomic E-state index is 12.6. The van der Waals surface area contributed by atoms with Gasteiger partial charge in [0, 0.05) is 44.7 Å². The van der Waals surface area contributed by atoms with Crippen LogP contribution in [0.5, 0.6) is 0 Å². The van der Waals surface area contributed by atoms with Crippen molar-refractivity contribution in [3.05, 3.63) is 0 Å². The first-order valence-electron chi connectivity index (χ1n) is 9.13. The van der Waals surface area contributed by atoms with Gasteiger partial charge in [-0.3, -0.25) is 14.6 Å². The summed E-state index contributed by atoms with van der Waals surface area (Å²) in [6.45, 7) is 11.5. The van der Waals surface area contributed by atoms with E-state index in [1.54, 1.807) is 0 Å². The van der Waals surface area contributed by atoms with Crippen LogP contribution >= 0.6 is 0 Å². The van der Waals surface area contributed by atoms with Crippen LogP contribution < -0.4 is 0 Å². The summed E-state index contributed by atoms with van der Waals surface area (Å²) in [5.41, 5.74) is -0.0749. The lowest BCUT2D eigenvalue weighted by Gasteiger charge is -2.41. The fraction of sp³-hybridized carbons (Fsp3) is 0.889. The molecule has 0 aromatic heterocycles. The van der Waals surface area contributed by atoms with Crippen LogP contribution in [0.1, 0.15) is 33.6 Å². The second-order valence-electron chi connectivity index (χ2n) is 8.02. The lowest BCUT2D eigenvalue weighted by molar-refractivity contribution is -0.135. The number of hydrogen-bond acceptors (Lipinski definition) is 5. The molecule has 6 nitrogen and oxygen atoms in total. The highest BCUT2D eigenvalue weighted by Crippen LogP contribution is 2.28. The second-order valence-corrected chi connectivity index (χ2v) is 8.02. The summed E-state index contributed by atoms with van der Waals surface area (Å²) in [6, 6.07) is 2.33. The van der Waals surface area contributed by atoms with Gasteiger partial charge in [-0.1, -0.05) is 20.8 Å². The van der Waals surface area contributed by atoms with Crippen LogP contribution in [0.25, 0.3) is 0 Å². The van der Waals surface area contributed by atoms with Gasteiger partial charge < -0.3 is 10.0 Å². The predicted octanol–water partition coefficient (Wildman–Crippen LogP) is 0.773. The molecule has 0 spiro atoms. The van der Waals surface area contributed by atoms with Crippen molar-refractivity contribution in [3.63, 3.8) is 0 Å². The Kier molecular flexibility index (Phi) is 6.62. The van der Waals surface area contributed by atoms with Crippen LogP contribution in [0.15, 0.2) is 0 Å². The minimum Gasteiger partial charge on any atom is -0.396 e. The van der Waals surface area contributed by atoms with Crippen molar-refractivity contribution in [2.24, 2.45) is 11.3 Å². The summed E-state index contributed by atoms with van der Waals surface area (Å²) in [7, 11) is 0. The number of carbonyl (C=O) groups excluding carboxylic acids is 1. The maximum absolute atomic E-state index is 12.6. The Morgan fingerprint density at radius 1 is 1.25 bits per heavy atom.